The van der Waals surface area contributed by atoms with E-state index in [0.29, 0.717) is 6.54 Å². The minimum absolute atomic E-state index is 0. The number of halogens is 1. The maximum Gasteiger partial charge on any atom is 0.233 e. The Labute approximate surface area is 120 Å². The lowest BCUT2D eigenvalue weighted by Gasteiger charge is -2.38. The van der Waals surface area contributed by atoms with Gasteiger partial charge in [-0.2, -0.15) is 0 Å². The van der Waals surface area contributed by atoms with Crippen molar-refractivity contribution >= 4 is 18.3 Å². The minimum atomic E-state index is -0.100. The molecule has 0 radical (unpaired) electrons. The topological polar surface area (TPSA) is 64.4 Å². The Balaban J connectivity index is 0.00000180. The fourth-order valence-electron chi connectivity index (χ4n) is 2.46. The van der Waals surface area contributed by atoms with Crippen molar-refractivity contribution < 1.29 is 9.53 Å². The number of nitrogens with one attached hydrogen (secondary N) is 1. The van der Waals surface area contributed by atoms with Crippen LogP contribution in [0, 0.1) is 0 Å². The number of amides is 1. The largest absolute Gasteiger partial charge is 0.381 e. The molecule has 19 heavy (non-hydrogen) atoms. The maximum absolute atomic E-state index is 11.4. The molecule has 1 aliphatic heterocycles. The molecule has 0 bridgehead atoms. The van der Waals surface area contributed by atoms with Crippen LogP contribution in [0.3, 0.4) is 0 Å². The lowest BCUT2D eigenvalue weighted by atomic mass is 9.74. The molecule has 0 spiro atoms. The molecule has 1 heterocycles. The van der Waals surface area contributed by atoms with Crippen LogP contribution in [0.25, 0.3) is 0 Å². The van der Waals surface area contributed by atoms with Gasteiger partial charge in [0.05, 0.1) is 6.54 Å². The quantitative estimate of drug-likeness (QED) is 0.874. The number of rotatable bonds is 4. The van der Waals surface area contributed by atoms with Crippen LogP contribution in [0.15, 0.2) is 30.3 Å². The third-order valence-electron chi connectivity index (χ3n) is 3.65. The van der Waals surface area contributed by atoms with E-state index in [0.717, 1.165) is 26.1 Å². The summed E-state index contributed by atoms with van der Waals surface area (Å²) >= 11 is 0. The van der Waals surface area contributed by atoms with Gasteiger partial charge < -0.3 is 15.8 Å². The highest BCUT2D eigenvalue weighted by Crippen LogP contribution is 2.34. The van der Waals surface area contributed by atoms with Gasteiger partial charge in [0, 0.05) is 25.2 Å². The van der Waals surface area contributed by atoms with Crippen LogP contribution >= 0.6 is 12.4 Å². The van der Waals surface area contributed by atoms with Crippen LogP contribution in [0.1, 0.15) is 18.4 Å². The molecule has 0 unspecified atom stereocenters. The molecule has 0 atom stereocenters. The molecule has 106 valence electrons. The van der Waals surface area contributed by atoms with Gasteiger partial charge in [0.15, 0.2) is 0 Å². The minimum Gasteiger partial charge on any atom is -0.381 e. The molecular formula is C14H21ClN2O2. The van der Waals surface area contributed by atoms with Crippen LogP contribution in [-0.2, 0) is 14.9 Å². The average Bonchev–Trinajstić information content (AvgIpc) is 2.46. The molecule has 1 aliphatic rings. The number of hydrogen-bond acceptors (Lipinski definition) is 3. The van der Waals surface area contributed by atoms with E-state index in [1.165, 1.54) is 5.56 Å². The van der Waals surface area contributed by atoms with Gasteiger partial charge in [-0.3, -0.25) is 4.79 Å². The average molecular weight is 285 g/mol. The van der Waals surface area contributed by atoms with E-state index in [1.54, 1.807) is 0 Å². The number of benzene rings is 1. The zero-order valence-electron chi connectivity index (χ0n) is 10.9. The summed E-state index contributed by atoms with van der Waals surface area (Å²) in [7, 11) is 0. The molecule has 0 saturated carbocycles. The summed E-state index contributed by atoms with van der Waals surface area (Å²) in [4.78, 5) is 11.4. The normalized spacial score (nSPS) is 17.3. The first-order valence-electron chi connectivity index (χ1n) is 6.37. The highest BCUT2D eigenvalue weighted by molar-refractivity contribution is 5.85. The Morgan fingerprint density at radius 3 is 2.47 bits per heavy atom. The molecule has 2 rings (SSSR count). The zero-order chi connectivity index (χ0) is 12.8. The Hall–Kier alpha value is -1.10. The van der Waals surface area contributed by atoms with Crippen molar-refractivity contribution in [1.82, 2.24) is 5.32 Å². The number of ether oxygens (including phenoxy) is 1. The molecule has 1 aromatic carbocycles. The number of carbonyl (C=O) groups excluding carboxylic acids is 1. The van der Waals surface area contributed by atoms with Gasteiger partial charge in [-0.1, -0.05) is 30.3 Å². The van der Waals surface area contributed by atoms with Crippen molar-refractivity contribution in [3.8, 4) is 0 Å². The lowest BCUT2D eigenvalue weighted by molar-refractivity contribution is -0.120. The smallest absolute Gasteiger partial charge is 0.233 e. The van der Waals surface area contributed by atoms with Crippen LogP contribution in [0.5, 0.6) is 0 Å². The summed E-state index contributed by atoms with van der Waals surface area (Å²) in [6.07, 6.45) is 1.86. The number of carbonyl (C=O) groups is 1. The SMILES string of the molecule is Cl.NCC(=O)NCC1(c2ccccc2)CCOCC1. The second-order valence-corrected chi connectivity index (χ2v) is 4.74. The monoisotopic (exact) mass is 284 g/mol. The first-order chi connectivity index (χ1) is 8.77. The molecule has 1 fully saturated rings. The van der Waals surface area contributed by atoms with Gasteiger partial charge in [-0.25, -0.2) is 0 Å². The molecule has 1 aromatic rings. The lowest BCUT2D eigenvalue weighted by Crippen LogP contribution is -2.45. The number of nitrogens with two attached hydrogens (primary N) is 1. The first kappa shape index (κ1) is 16.0. The van der Waals surface area contributed by atoms with Crippen molar-refractivity contribution in [3.05, 3.63) is 35.9 Å². The first-order valence-corrected chi connectivity index (χ1v) is 6.37. The predicted molar refractivity (Wildman–Crippen MR) is 77.5 cm³/mol. The fourth-order valence-corrected chi connectivity index (χ4v) is 2.46. The van der Waals surface area contributed by atoms with Gasteiger partial charge in [0.1, 0.15) is 0 Å². The van der Waals surface area contributed by atoms with Crippen molar-refractivity contribution in [3.63, 3.8) is 0 Å². The standard InChI is InChI=1S/C14H20N2O2.ClH/c15-10-13(17)16-11-14(6-8-18-9-7-14)12-4-2-1-3-5-12;/h1-5H,6-11,15H2,(H,16,17);1H. The highest BCUT2D eigenvalue weighted by atomic mass is 35.5. The molecule has 1 amide bonds. The van der Waals surface area contributed by atoms with E-state index in [1.807, 2.05) is 18.2 Å². The predicted octanol–water partition coefficient (Wildman–Crippen LogP) is 1.23. The van der Waals surface area contributed by atoms with Crippen LogP contribution < -0.4 is 11.1 Å². The van der Waals surface area contributed by atoms with E-state index in [9.17, 15) is 4.79 Å². The molecule has 3 N–H and O–H groups in total. The van der Waals surface area contributed by atoms with Crippen LogP contribution in [-0.4, -0.2) is 32.2 Å². The summed E-state index contributed by atoms with van der Waals surface area (Å²) in [5.74, 6) is -0.100. The van der Waals surface area contributed by atoms with Gasteiger partial charge in [-0.05, 0) is 18.4 Å². The highest BCUT2D eigenvalue weighted by Gasteiger charge is 2.34. The van der Waals surface area contributed by atoms with Crippen molar-refractivity contribution in [1.29, 1.82) is 0 Å². The van der Waals surface area contributed by atoms with E-state index >= 15 is 0 Å². The van der Waals surface area contributed by atoms with Crippen LogP contribution in [0.2, 0.25) is 0 Å². The summed E-state index contributed by atoms with van der Waals surface area (Å²) in [5.41, 5.74) is 6.59. The Kier molecular flexibility index (Phi) is 6.28. The molecule has 0 aromatic heterocycles. The fraction of sp³-hybridized carbons (Fsp3) is 0.500. The van der Waals surface area contributed by atoms with Gasteiger partial charge in [0.2, 0.25) is 5.91 Å². The summed E-state index contributed by atoms with van der Waals surface area (Å²) in [6.45, 7) is 2.17. The van der Waals surface area contributed by atoms with Crippen molar-refractivity contribution in [2.24, 2.45) is 5.73 Å². The van der Waals surface area contributed by atoms with Gasteiger partial charge in [0.25, 0.3) is 0 Å². The summed E-state index contributed by atoms with van der Waals surface area (Å²) in [6, 6.07) is 10.3. The zero-order valence-corrected chi connectivity index (χ0v) is 11.7. The second-order valence-electron chi connectivity index (χ2n) is 4.74. The van der Waals surface area contributed by atoms with E-state index in [2.05, 4.69) is 17.4 Å². The van der Waals surface area contributed by atoms with Gasteiger partial charge >= 0.3 is 0 Å². The summed E-state index contributed by atoms with van der Waals surface area (Å²) < 4.78 is 5.44. The molecular weight excluding hydrogens is 264 g/mol. The van der Waals surface area contributed by atoms with Crippen LogP contribution in [0.4, 0.5) is 0 Å². The Morgan fingerprint density at radius 1 is 1.26 bits per heavy atom. The van der Waals surface area contributed by atoms with E-state index in [-0.39, 0.29) is 30.3 Å². The summed E-state index contributed by atoms with van der Waals surface area (Å²) in [5, 5.41) is 2.92. The van der Waals surface area contributed by atoms with Crippen molar-refractivity contribution in [2.45, 2.75) is 18.3 Å². The third kappa shape index (κ3) is 3.93. The molecule has 0 aliphatic carbocycles. The number of hydrogen-bond donors (Lipinski definition) is 2. The molecule has 4 nitrogen and oxygen atoms in total. The van der Waals surface area contributed by atoms with Crippen molar-refractivity contribution in [2.75, 3.05) is 26.3 Å². The van der Waals surface area contributed by atoms with E-state index < -0.39 is 0 Å². The van der Waals surface area contributed by atoms with Gasteiger partial charge in [-0.15, -0.1) is 12.4 Å². The van der Waals surface area contributed by atoms with E-state index in [4.69, 9.17) is 10.5 Å². The molecule has 5 heteroatoms. The molecule has 1 saturated heterocycles. The maximum atomic E-state index is 11.4. The Bertz CT molecular complexity index is 392. The Morgan fingerprint density at radius 2 is 1.89 bits per heavy atom. The third-order valence-corrected chi connectivity index (χ3v) is 3.65. The second kappa shape index (κ2) is 7.48.